The lowest BCUT2D eigenvalue weighted by Gasteiger charge is -2.05. The maximum absolute atomic E-state index is 5.86. The molecule has 0 bridgehead atoms. The van der Waals surface area contributed by atoms with Crippen molar-refractivity contribution in [3.8, 4) is 5.95 Å². The third kappa shape index (κ3) is 2.65. The van der Waals surface area contributed by atoms with Gasteiger partial charge in [0.15, 0.2) is 0 Å². The first-order chi connectivity index (χ1) is 9.31. The Kier molecular flexibility index (Phi) is 3.02. The van der Waals surface area contributed by atoms with E-state index in [0.717, 1.165) is 0 Å². The average molecular weight is 278 g/mol. The van der Waals surface area contributed by atoms with Crippen molar-refractivity contribution in [3.05, 3.63) is 36.2 Å². The molecule has 0 spiro atoms. The van der Waals surface area contributed by atoms with Gasteiger partial charge in [0.25, 0.3) is 0 Å². The van der Waals surface area contributed by atoms with Gasteiger partial charge in [0.05, 0.1) is 6.54 Å². The Balaban J connectivity index is 1.82. The molecule has 0 aliphatic carbocycles. The summed E-state index contributed by atoms with van der Waals surface area (Å²) < 4.78 is 1.63. The highest BCUT2D eigenvalue weighted by molar-refractivity contribution is 6.28. The Labute approximate surface area is 112 Å². The van der Waals surface area contributed by atoms with Crippen LogP contribution in [0.5, 0.6) is 0 Å². The van der Waals surface area contributed by atoms with Crippen LogP contribution in [0.1, 0.15) is 5.82 Å². The van der Waals surface area contributed by atoms with Crippen LogP contribution in [-0.2, 0) is 6.54 Å². The molecule has 0 atom stereocenters. The number of anilines is 1. The molecule has 3 aromatic heterocycles. The van der Waals surface area contributed by atoms with Gasteiger partial charge in [-0.2, -0.15) is 20.1 Å². The molecule has 0 aromatic carbocycles. The van der Waals surface area contributed by atoms with Crippen LogP contribution in [0, 0.1) is 0 Å². The van der Waals surface area contributed by atoms with Gasteiger partial charge in [-0.3, -0.25) is 9.67 Å². The fourth-order valence-corrected chi connectivity index (χ4v) is 1.55. The molecule has 19 heavy (non-hydrogen) atoms. The van der Waals surface area contributed by atoms with E-state index in [1.54, 1.807) is 23.3 Å². The maximum Gasteiger partial charge on any atom is 0.241 e. The fourth-order valence-electron chi connectivity index (χ4n) is 1.39. The highest BCUT2D eigenvalue weighted by Gasteiger charge is 2.06. The molecule has 3 aromatic rings. The minimum atomic E-state index is 0.0961. The smallest absolute Gasteiger partial charge is 0.241 e. The molecule has 3 heterocycles. The van der Waals surface area contributed by atoms with Gasteiger partial charge in [-0.25, -0.2) is 9.97 Å². The molecule has 3 rings (SSSR count). The van der Waals surface area contributed by atoms with E-state index in [4.69, 9.17) is 11.6 Å². The number of aromatic nitrogens is 8. The number of rotatable bonds is 4. The van der Waals surface area contributed by atoms with E-state index in [1.807, 2.05) is 0 Å². The first kappa shape index (κ1) is 11.5. The summed E-state index contributed by atoms with van der Waals surface area (Å²) in [6.07, 6.45) is 6.34. The van der Waals surface area contributed by atoms with Crippen molar-refractivity contribution >= 4 is 17.5 Å². The van der Waals surface area contributed by atoms with Crippen LogP contribution in [-0.4, -0.2) is 39.7 Å². The normalized spacial score (nSPS) is 10.6. The van der Waals surface area contributed by atoms with Gasteiger partial charge in [-0.05, 0) is 11.6 Å². The van der Waals surface area contributed by atoms with Crippen LogP contribution < -0.4 is 5.32 Å². The summed E-state index contributed by atoms with van der Waals surface area (Å²) in [6, 6.07) is 0. The number of H-pyrrole nitrogens is 1. The molecule has 0 aliphatic rings. The molecule has 0 unspecified atom stereocenters. The van der Waals surface area contributed by atoms with Gasteiger partial charge < -0.3 is 5.32 Å². The molecular formula is C9H8ClN9. The minimum Gasteiger partial charge on any atom is -0.347 e. The minimum absolute atomic E-state index is 0.0961. The third-order valence-corrected chi connectivity index (χ3v) is 2.38. The Bertz CT molecular complexity index is 648. The van der Waals surface area contributed by atoms with E-state index in [-0.39, 0.29) is 5.28 Å². The van der Waals surface area contributed by atoms with Crippen LogP contribution in [0.4, 0.5) is 5.95 Å². The van der Waals surface area contributed by atoms with Crippen molar-refractivity contribution < 1.29 is 0 Å². The molecule has 9 nitrogen and oxygen atoms in total. The lowest BCUT2D eigenvalue weighted by molar-refractivity contribution is 0.876. The number of nitrogens with one attached hydrogen (secondary N) is 2. The third-order valence-electron chi connectivity index (χ3n) is 2.21. The standard InChI is InChI=1S/C9H8ClN9/c10-7-15-8(12-3-6-13-4-14-18-6)17-9(16-7)19-2-1-11-5-19/h1-2,4-5H,3H2,(H,13,14,18)(H,12,15,16,17). The predicted octanol–water partition coefficient (Wildman–Crippen LogP) is 0.441. The first-order valence-corrected chi connectivity index (χ1v) is 5.67. The van der Waals surface area contributed by atoms with Gasteiger partial charge in [0.1, 0.15) is 18.5 Å². The molecule has 0 radical (unpaired) electrons. The molecule has 0 saturated carbocycles. The Morgan fingerprint density at radius 3 is 3.00 bits per heavy atom. The van der Waals surface area contributed by atoms with Crippen molar-refractivity contribution in [1.29, 1.82) is 0 Å². The number of aromatic amines is 1. The van der Waals surface area contributed by atoms with E-state index in [2.05, 4.69) is 40.4 Å². The largest absolute Gasteiger partial charge is 0.347 e. The number of hydrogen-bond acceptors (Lipinski definition) is 7. The van der Waals surface area contributed by atoms with Gasteiger partial charge in [-0.15, -0.1) is 0 Å². The lowest BCUT2D eigenvalue weighted by Crippen LogP contribution is -2.09. The monoisotopic (exact) mass is 277 g/mol. The van der Waals surface area contributed by atoms with Crippen molar-refractivity contribution in [2.24, 2.45) is 0 Å². The van der Waals surface area contributed by atoms with E-state index in [0.29, 0.717) is 24.3 Å². The Morgan fingerprint density at radius 1 is 1.32 bits per heavy atom. The second-order valence-corrected chi connectivity index (χ2v) is 3.82. The van der Waals surface area contributed by atoms with Gasteiger partial charge >= 0.3 is 0 Å². The highest BCUT2D eigenvalue weighted by atomic mass is 35.5. The second-order valence-electron chi connectivity index (χ2n) is 3.48. The van der Waals surface area contributed by atoms with Crippen LogP contribution in [0.25, 0.3) is 5.95 Å². The number of imidazole rings is 1. The second kappa shape index (κ2) is 4.98. The first-order valence-electron chi connectivity index (χ1n) is 5.29. The van der Waals surface area contributed by atoms with E-state index >= 15 is 0 Å². The molecule has 0 saturated heterocycles. The van der Waals surface area contributed by atoms with Crippen LogP contribution in [0.15, 0.2) is 25.0 Å². The zero-order valence-corrected chi connectivity index (χ0v) is 10.3. The summed E-state index contributed by atoms with van der Waals surface area (Å²) in [5.74, 6) is 1.40. The van der Waals surface area contributed by atoms with Crippen molar-refractivity contribution in [3.63, 3.8) is 0 Å². The topological polar surface area (TPSA) is 110 Å². The molecular weight excluding hydrogens is 270 g/mol. The summed E-state index contributed by atoms with van der Waals surface area (Å²) in [6.45, 7) is 0.406. The molecule has 0 fully saturated rings. The molecule has 2 N–H and O–H groups in total. The van der Waals surface area contributed by atoms with Gasteiger partial charge in [0.2, 0.25) is 17.2 Å². The van der Waals surface area contributed by atoms with E-state index in [9.17, 15) is 0 Å². The number of halogens is 1. The number of hydrogen-bond donors (Lipinski definition) is 2. The zero-order valence-electron chi connectivity index (χ0n) is 9.52. The van der Waals surface area contributed by atoms with Crippen LogP contribution in [0.2, 0.25) is 5.28 Å². The van der Waals surface area contributed by atoms with Crippen molar-refractivity contribution in [2.45, 2.75) is 6.54 Å². The lowest BCUT2D eigenvalue weighted by atomic mass is 10.6. The summed E-state index contributed by atoms with van der Waals surface area (Å²) in [7, 11) is 0. The Morgan fingerprint density at radius 2 is 2.26 bits per heavy atom. The molecule has 0 aliphatic heterocycles. The van der Waals surface area contributed by atoms with E-state index in [1.165, 1.54) is 6.33 Å². The predicted molar refractivity (Wildman–Crippen MR) is 65.7 cm³/mol. The maximum atomic E-state index is 5.86. The van der Waals surface area contributed by atoms with E-state index < -0.39 is 0 Å². The summed E-state index contributed by atoms with van der Waals surface area (Å²) in [5.41, 5.74) is 0. The SMILES string of the molecule is Clc1nc(NCc2ncn[nH]2)nc(-n2ccnc2)n1. The fraction of sp³-hybridized carbons (Fsp3) is 0.111. The summed E-state index contributed by atoms with van der Waals surface area (Å²) >= 11 is 5.86. The molecule has 0 amide bonds. The zero-order chi connectivity index (χ0) is 13.1. The summed E-state index contributed by atoms with van der Waals surface area (Å²) in [4.78, 5) is 20.1. The van der Waals surface area contributed by atoms with Crippen molar-refractivity contribution in [1.82, 2.24) is 39.7 Å². The molecule has 10 heteroatoms. The van der Waals surface area contributed by atoms with Crippen molar-refractivity contribution in [2.75, 3.05) is 5.32 Å². The van der Waals surface area contributed by atoms with Crippen LogP contribution in [0.3, 0.4) is 0 Å². The van der Waals surface area contributed by atoms with Gasteiger partial charge in [0, 0.05) is 12.4 Å². The number of nitrogens with zero attached hydrogens (tertiary/aromatic N) is 7. The summed E-state index contributed by atoms with van der Waals surface area (Å²) in [5, 5.41) is 9.54. The average Bonchev–Trinajstić information content (AvgIpc) is 3.09. The Hall–Kier alpha value is -2.55. The highest BCUT2D eigenvalue weighted by Crippen LogP contribution is 2.09. The van der Waals surface area contributed by atoms with Gasteiger partial charge in [-0.1, -0.05) is 0 Å². The van der Waals surface area contributed by atoms with Crippen LogP contribution >= 0.6 is 11.6 Å². The molecule has 96 valence electrons. The quantitative estimate of drug-likeness (QED) is 0.712.